The molecule has 2 aliphatic heterocycles. The third kappa shape index (κ3) is 2.16. The van der Waals surface area contributed by atoms with Crippen molar-refractivity contribution >= 4 is 0 Å². The highest BCUT2D eigenvalue weighted by Gasteiger charge is 2.23. The average Bonchev–Trinajstić information content (AvgIpc) is 2.88. The Morgan fingerprint density at radius 2 is 2.00 bits per heavy atom. The van der Waals surface area contributed by atoms with Gasteiger partial charge in [-0.1, -0.05) is 6.07 Å². The van der Waals surface area contributed by atoms with Crippen molar-refractivity contribution in [2.75, 3.05) is 40.0 Å². The lowest BCUT2D eigenvalue weighted by Gasteiger charge is -2.34. The van der Waals surface area contributed by atoms with Crippen molar-refractivity contribution in [2.24, 2.45) is 0 Å². The fourth-order valence-electron chi connectivity index (χ4n) is 2.58. The smallest absolute Gasteiger partial charge is 0.231 e. The highest BCUT2D eigenvalue weighted by atomic mass is 16.7. The SMILES string of the molecule is CNC(c1ccc2c(c1)OCO2)N1CCNCC1. The molecule has 0 aliphatic carbocycles. The van der Waals surface area contributed by atoms with Crippen molar-refractivity contribution in [2.45, 2.75) is 6.17 Å². The first kappa shape index (κ1) is 11.8. The third-order valence-electron chi connectivity index (χ3n) is 3.50. The molecule has 1 saturated heterocycles. The van der Waals surface area contributed by atoms with Crippen LogP contribution in [-0.4, -0.2) is 44.9 Å². The molecule has 3 rings (SSSR count). The Hall–Kier alpha value is -1.30. The molecule has 98 valence electrons. The van der Waals surface area contributed by atoms with Gasteiger partial charge >= 0.3 is 0 Å². The summed E-state index contributed by atoms with van der Waals surface area (Å²) in [7, 11) is 2.00. The predicted octanol–water partition coefficient (Wildman–Crippen LogP) is 0.538. The number of rotatable bonds is 3. The Bertz CT molecular complexity index is 419. The predicted molar refractivity (Wildman–Crippen MR) is 68.8 cm³/mol. The molecule has 0 aromatic heterocycles. The number of hydrogen-bond donors (Lipinski definition) is 2. The molecule has 5 heteroatoms. The molecule has 0 saturated carbocycles. The van der Waals surface area contributed by atoms with Crippen molar-refractivity contribution in [3.8, 4) is 11.5 Å². The third-order valence-corrected chi connectivity index (χ3v) is 3.50. The molecule has 2 heterocycles. The molecule has 18 heavy (non-hydrogen) atoms. The van der Waals surface area contributed by atoms with Gasteiger partial charge < -0.3 is 20.1 Å². The number of nitrogens with zero attached hydrogens (tertiary/aromatic N) is 1. The van der Waals surface area contributed by atoms with E-state index in [0.717, 1.165) is 37.7 Å². The van der Waals surface area contributed by atoms with E-state index < -0.39 is 0 Å². The van der Waals surface area contributed by atoms with E-state index >= 15 is 0 Å². The van der Waals surface area contributed by atoms with Crippen molar-refractivity contribution in [3.63, 3.8) is 0 Å². The molecule has 1 atom stereocenters. The largest absolute Gasteiger partial charge is 0.454 e. The number of nitrogens with one attached hydrogen (secondary N) is 2. The number of fused-ring (bicyclic) bond motifs is 1. The summed E-state index contributed by atoms with van der Waals surface area (Å²) in [6.07, 6.45) is 0.238. The van der Waals surface area contributed by atoms with Crippen LogP contribution >= 0.6 is 0 Å². The van der Waals surface area contributed by atoms with Gasteiger partial charge in [0.25, 0.3) is 0 Å². The Morgan fingerprint density at radius 3 is 2.78 bits per heavy atom. The summed E-state index contributed by atoms with van der Waals surface area (Å²) in [4.78, 5) is 2.44. The average molecular weight is 249 g/mol. The first-order chi connectivity index (χ1) is 8.88. The van der Waals surface area contributed by atoms with Crippen molar-refractivity contribution in [1.29, 1.82) is 0 Å². The zero-order valence-corrected chi connectivity index (χ0v) is 10.6. The molecule has 0 radical (unpaired) electrons. The molecule has 0 spiro atoms. The minimum Gasteiger partial charge on any atom is -0.454 e. The van der Waals surface area contributed by atoms with Crippen LogP contribution in [0.15, 0.2) is 18.2 Å². The van der Waals surface area contributed by atoms with E-state index in [9.17, 15) is 0 Å². The van der Waals surface area contributed by atoms with Crippen LogP contribution in [0.25, 0.3) is 0 Å². The first-order valence-corrected chi connectivity index (χ1v) is 6.40. The van der Waals surface area contributed by atoms with Gasteiger partial charge in [-0.25, -0.2) is 0 Å². The van der Waals surface area contributed by atoms with Crippen LogP contribution in [0, 0.1) is 0 Å². The zero-order valence-electron chi connectivity index (χ0n) is 10.6. The topological polar surface area (TPSA) is 45.8 Å². The zero-order chi connectivity index (χ0) is 12.4. The second-order valence-electron chi connectivity index (χ2n) is 4.59. The Kier molecular flexibility index (Phi) is 3.36. The van der Waals surface area contributed by atoms with Gasteiger partial charge in [0.1, 0.15) is 0 Å². The molecule has 1 fully saturated rings. The molecule has 5 nitrogen and oxygen atoms in total. The van der Waals surface area contributed by atoms with Gasteiger partial charge in [0, 0.05) is 26.2 Å². The van der Waals surface area contributed by atoms with E-state index in [0.29, 0.717) is 6.79 Å². The van der Waals surface area contributed by atoms with Gasteiger partial charge in [-0.15, -0.1) is 0 Å². The maximum Gasteiger partial charge on any atom is 0.231 e. The minimum absolute atomic E-state index is 0.238. The van der Waals surface area contributed by atoms with E-state index in [4.69, 9.17) is 9.47 Å². The molecular weight excluding hydrogens is 230 g/mol. The summed E-state index contributed by atoms with van der Waals surface area (Å²) in [6, 6.07) is 6.17. The Labute approximate surface area is 107 Å². The first-order valence-electron chi connectivity index (χ1n) is 6.40. The lowest BCUT2D eigenvalue weighted by atomic mass is 10.1. The van der Waals surface area contributed by atoms with Crippen molar-refractivity contribution in [3.05, 3.63) is 23.8 Å². The summed E-state index contributed by atoms with van der Waals surface area (Å²) >= 11 is 0. The number of benzene rings is 1. The molecule has 0 amide bonds. The second-order valence-corrected chi connectivity index (χ2v) is 4.59. The van der Waals surface area contributed by atoms with Gasteiger partial charge in [-0.3, -0.25) is 4.90 Å². The number of hydrogen-bond acceptors (Lipinski definition) is 5. The summed E-state index contributed by atoms with van der Waals surface area (Å²) in [5.41, 5.74) is 1.23. The number of ether oxygens (including phenoxy) is 2. The van der Waals surface area contributed by atoms with Crippen LogP contribution in [0.4, 0.5) is 0 Å². The molecular formula is C13H19N3O2. The highest BCUT2D eigenvalue weighted by Crippen LogP contribution is 2.34. The van der Waals surface area contributed by atoms with E-state index in [1.807, 2.05) is 13.1 Å². The van der Waals surface area contributed by atoms with E-state index in [-0.39, 0.29) is 6.17 Å². The van der Waals surface area contributed by atoms with Crippen LogP contribution < -0.4 is 20.1 Å². The maximum absolute atomic E-state index is 5.44. The second kappa shape index (κ2) is 5.14. The fourth-order valence-corrected chi connectivity index (χ4v) is 2.58. The fraction of sp³-hybridized carbons (Fsp3) is 0.538. The Morgan fingerprint density at radius 1 is 1.22 bits per heavy atom. The lowest BCUT2D eigenvalue weighted by Crippen LogP contribution is -2.48. The molecule has 1 unspecified atom stereocenters. The van der Waals surface area contributed by atoms with Crippen LogP contribution in [-0.2, 0) is 0 Å². The van der Waals surface area contributed by atoms with Gasteiger partial charge in [0.05, 0.1) is 6.17 Å². The quantitative estimate of drug-likeness (QED) is 0.818. The lowest BCUT2D eigenvalue weighted by molar-refractivity contribution is 0.152. The molecule has 1 aromatic rings. The summed E-state index contributed by atoms with van der Waals surface area (Å²) < 4.78 is 10.8. The van der Waals surface area contributed by atoms with Gasteiger partial charge in [0.15, 0.2) is 11.5 Å². The standard InChI is InChI=1S/C13H19N3O2/c1-14-13(16-6-4-15-5-7-16)10-2-3-11-12(8-10)18-9-17-11/h2-3,8,13-15H,4-7,9H2,1H3. The van der Waals surface area contributed by atoms with E-state index in [1.54, 1.807) is 0 Å². The van der Waals surface area contributed by atoms with Crippen molar-refractivity contribution in [1.82, 2.24) is 15.5 Å². The minimum atomic E-state index is 0.238. The van der Waals surface area contributed by atoms with Crippen molar-refractivity contribution < 1.29 is 9.47 Å². The van der Waals surface area contributed by atoms with E-state index in [2.05, 4.69) is 27.7 Å². The van der Waals surface area contributed by atoms with Crippen LogP contribution in [0.2, 0.25) is 0 Å². The normalized spacial score (nSPS) is 20.9. The summed E-state index contributed by atoms with van der Waals surface area (Å²) in [5.74, 6) is 1.69. The maximum atomic E-state index is 5.44. The summed E-state index contributed by atoms with van der Waals surface area (Å²) in [6.45, 7) is 4.53. The molecule has 2 N–H and O–H groups in total. The monoisotopic (exact) mass is 249 g/mol. The number of piperazine rings is 1. The van der Waals surface area contributed by atoms with Crippen LogP contribution in [0.5, 0.6) is 11.5 Å². The van der Waals surface area contributed by atoms with E-state index in [1.165, 1.54) is 5.56 Å². The van der Waals surface area contributed by atoms with Gasteiger partial charge in [-0.05, 0) is 24.7 Å². The molecule has 1 aromatic carbocycles. The molecule has 0 bridgehead atoms. The highest BCUT2D eigenvalue weighted by molar-refractivity contribution is 5.45. The van der Waals surface area contributed by atoms with Gasteiger partial charge in [-0.2, -0.15) is 0 Å². The van der Waals surface area contributed by atoms with Crippen LogP contribution in [0.1, 0.15) is 11.7 Å². The van der Waals surface area contributed by atoms with Gasteiger partial charge in [0.2, 0.25) is 6.79 Å². The summed E-state index contributed by atoms with van der Waals surface area (Å²) in [5, 5.41) is 6.75. The molecule has 2 aliphatic rings. The van der Waals surface area contributed by atoms with Crippen LogP contribution in [0.3, 0.4) is 0 Å². The Balaban J connectivity index is 1.82.